The van der Waals surface area contributed by atoms with Crippen molar-refractivity contribution in [3.63, 3.8) is 0 Å². The molecule has 1 rings (SSSR count). The summed E-state index contributed by atoms with van der Waals surface area (Å²) < 4.78 is 6.02. The summed E-state index contributed by atoms with van der Waals surface area (Å²) in [6.07, 6.45) is 1.96. The van der Waals surface area contributed by atoms with Crippen LogP contribution in [0, 0.1) is 0 Å². The molecule has 0 aromatic heterocycles. The highest BCUT2D eigenvalue weighted by Gasteiger charge is 2.08. The van der Waals surface area contributed by atoms with Crippen LogP contribution < -0.4 is 4.74 Å². The van der Waals surface area contributed by atoms with Crippen LogP contribution in [0.4, 0.5) is 0 Å². The summed E-state index contributed by atoms with van der Waals surface area (Å²) in [4.78, 5) is 14.1. The number of carbonyl (C=O) groups excluding carboxylic acids is 1. The molecule has 0 aliphatic rings. The van der Waals surface area contributed by atoms with Crippen molar-refractivity contribution < 1.29 is 9.53 Å². The van der Waals surface area contributed by atoms with Crippen molar-refractivity contribution in [2.45, 2.75) is 33.1 Å². The number of carbonyl (C=O) groups is 1. The lowest BCUT2D eigenvalue weighted by Crippen LogP contribution is -2.26. The lowest BCUT2D eigenvalue weighted by molar-refractivity contribution is -0.118. The van der Waals surface area contributed by atoms with Gasteiger partial charge in [0.25, 0.3) is 0 Å². The number of thioether (sulfide) groups is 1. The standard InChI is InChI=1S/C17H25NO2S2/c1-4-18(5-2)17(21)22-13-12-15(19)9-6-14-7-10-16(20-3)11-8-14/h7-8,10-11H,4-6,9,12-13H2,1-3H3. The molecule has 0 atom stereocenters. The van der Waals surface area contributed by atoms with Crippen molar-refractivity contribution in [1.29, 1.82) is 0 Å². The van der Waals surface area contributed by atoms with Gasteiger partial charge in [0.15, 0.2) is 0 Å². The predicted octanol–water partition coefficient (Wildman–Crippen LogP) is 3.95. The normalized spacial score (nSPS) is 10.3. The van der Waals surface area contributed by atoms with E-state index in [9.17, 15) is 4.79 Å². The first kappa shape index (κ1) is 19.0. The van der Waals surface area contributed by atoms with Crippen LogP contribution >= 0.6 is 24.0 Å². The highest BCUT2D eigenvalue weighted by molar-refractivity contribution is 8.22. The van der Waals surface area contributed by atoms with E-state index in [0.717, 1.165) is 35.3 Å². The Balaban J connectivity index is 2.24. The fourth-order valence-electron chi connectivity index (χ4n) is 2.03. The monoisotopic (exact) mass is 339 g/mol. The summed E-state index contributed by atoms with van der Waals surface area (Å²) in [6, 6.07) is 7.88. The number of thiocarbonyl (C=S) groups is 1. The van der Waals surface area contributed by atoms with Crippen molar-refractivity contribution in [3.8, 4) is 5.75 Å². The molecule has 0 aliphatic carbocycles. The van der Waals surface area contributed by atoms with Crippen LogP contribution in [0.5, 0.6) is 5.75 Å². The van der Waals surface area contributed by atoms with Gasteiger partial charge in [0.05, 0.1) is 7.11 Å². The van der Waals surface area contributed by atoms with Crippen molar-refractivity contribution in [2.75, 3.05) is 26.0 Å². The maximum atomic E-state index is 11.9. The van der Waals surface area contributed by atoms with E-state index in [2.05, 4.69) is 18.7 Å². The number of ether oxygens (including phenoxy) is 1. The highest BCUT2D eigenvalue weighted by atomic mass is 32.2. The molecule has 0 heterocycles. The molecule has 0 radical (unpaired) electrons. The Hall–Kier alpha value is -1.07. The molecule has 5 heteroatoms. The summed E-state index contributed by atoms with van der Waals surface area (Å²) in [5.41, 5.74) is 1.17. The lowest BCUT2D eigenvalue weighted by atomic mass is 10.1. The topological polar surface area (TPSA) is 29.5 Å². The third kappa shape index (κ3) is 6.79. The van der Waals surface area contributed by atoms with Crippen LogP contribution in [0.25, 0.3) is 0 Å². The molecule has 1 aromatic carbocycles. The van der Waals surface area contributed by atoms with Crippen LogP contribution in [0.2, 0.25) is 0 Å². The van der Waals surface area contributed by atoms with Crippen LogP contribution in [0.15, 0.2) is 24.3 Å². The van der Waals surface area contributed by atoms with Gasteiger partial charge >= 0.3 is 0 Å². The second-order valence-corrected chi connectivity index (χ2v) is 6.65. The average Bonchev–Trinajstić information content (AvgIpc) is 2.54. The van der Waals surface area contributed by atoms with Gasteiger partial charge in [-0.25, -0.2) is 0 Å². The Morgan fingerprint density at radius 2 is 1.82 bits per heavy atom. The minimum Gasteiger partial charge on any atom is -0.497 e. The summed E-state index contributed by atoms with van der Waals surface area (Å²) in [7, 11) is 1.65. The minimum absolute atomic E-state index is 0.297. The molecular weight excluding hydrogens is 314 g/mol. The van der Waals surface area contributed by atoms with E-state index in [0.29, 0.717) is 18.6 Å². The van der Waals surface area contributed by atoms with Crippen molar-refractivity contribution in [2.24, 2.45) is 0 Å². The van der Waals surface area contributed by atoms with Gasteiger partial charge in [-0.15, -0.1) is 0 Å². The largest absolute Gasteiger partial charge is 0.497 e. The smallest absolute Gasteiger partial charge is 0.136 e. The molecule has 0 bridgehead atoms. The number of ketones is 1. The molecular formula is C17H25NO2S2. The number of hydrogen-bond acceptors (Lipinski definition) is 4. The Bertz CT molecular complexity index is 470. The van der Waals surface area contributed by atoms with E-state index in [-0.39, 0.29) is 0 Å². The minimum atomic E-state index is 0.297. The molecule has 0 amide bonds. The van der Waals surface area contributed by atoms with Gasteiger partial charge in [0, 0.05) is 31.7 Å². The van der Waals surface area contributed by atoms with Crippen LogP contribution in [0.1, 0.15) is 32.3 Å². The number of aryl methyl sites for hydroxylation is 1. The number of benzene rings is 1. The van der Waals surface area contributed by atoms with E-state index in [1.807, 2.05) is 24.3 Å². The molecule has 1 aromatic rings. The zero-order chi connectivity index (χ0) is 16.4. The predicted molar refractivity (Wildman–Crippen MR) is 98.9 cm³/mol. The van der Waals surface area contributed by atoms with Crippen molar-refractivity contribution in [1.82, 2.24) is 4.90 Å². The lowest BCUT2D eigenvalue weighted by Gasteiger charge is -2.20. The summed E-state index contributed by atoms with van der Waals surface area (Å²) in [6.45, 7) is 6.04. The van der Waals surface area contributed by atoms with Crippen LogP contribution in [-0.4, -0.2) is 41.0 Å². The Labute approximate surface area is 143 Å². The molecule has 0 N–H and O–H groups in total. The van der Waals surface area contributed by atoms with Crippen molar-refractivity contribution in [3.05, 3.63) is 29.8 Å². The molecule has 0 aliphatic heterocycles. The molecule has 122 valence electrons. The Morgan fingerprint density at radius 1 is 1.18 bits per heavy atom. The van der Waals surface area contributed by atoms with Gasteiger partial charge in [0.1, 0.15) is 15.9 Å². The second kappa shape index (κ2) is 10.6. The van der Waals surface area contributed by atoms with Gasteiger partial charge in [-0.2, -0.15) is 0 Å². The zero-order valence-corrected chi connectivity index (χ0v) is 15.3. The zero-order valence-electron chi connectivity index (χ0n) is 13.6. The summed E-state index contributed by atoms with van der Waals surface area (Å²) in [5, 5.41) is 0. The van der Waals surface area contributed by atoms with Gasteiger partial charge in [-0.1, -0.05) is 36.1 Å². The first-order chi connectivity index (χ1) is 10.6. The molecule has 0 saturated carbocycles. The summed E-state index contributed by atoms with van der Waals surface area (Å²) in [5.74, 6) is 1.92. The molecule has 3 nitrogen and oxygen atoms in total. The first-order valence-corrected chi connectivity index (χ1v) is 9.06. The third-order valence-corrected chi connectivity index (χ3v) is 5.00. The number of hydrogen-bond donors (Lipinski definition) is 0. The molecule has 0 fully saturated rings. The third-order valence-electron chi connectivity index (χ3n) is 3.48. The van der Waals surface area contributed by atoms with E-state index in [1.165, 1.54) is 5.56 Å². The molecule has 0 unspecified atom stereocenters. The SMILES string of the molecule is CCN(CC)C(=S)SCCC(=O)CCc1ccc(OC)cc1. The van der Waals surface area contributed by atoms with E-state index in [4.69, 9.17) is 17.0 Å². The van der Waals surface area contributed by atoms with Gasteiger partial charge in [-0.05, 0) is 38.0 Å². The Kier molecular flexibility index (Phi) is 9.16. The number of nitrogens with zero attached hydrogens (tertiary/aromatic N) is 1. The van der Waals surface area contributed by atoms with Gasteiger partial charge in [-0.3, -0.25) is 4.79 Å². The maximum Gasteiger partial charge on any atom is 0.136 e. The first-order valence-electron chi connectivity index (χ1n) is 7.67. The number of rotatable bonds is 9. The molecule has 22 heavy (non-hydrogen) atoms. The molecule has 0 spiro atoms. The van der Waals surface area contributed by atoms with Crippen LogP contribution in [0.3, 0.4) is 0 Å². The number of Topliss-reactive ketones (excluding diaryl/α,β-unsaturated/α-hetero) is 1. The number of methoxy groups -OCH3 is 1. The molecule has 0 saturated heterocycles. The fourth-order valence-corrected chi connectivity index (χ4v) is 3.48. The highest BCUT2D eigenvalue weighted by Crippen LogP contribution is 2.14. The second-order valence-electron chi connectivity index (χ2n) is 4.92. The summed E-state index contributed by atoms with van der Waals surface area (Å²) >= 11 is 6.96. The van der Waals surface area contributed by atoms with E-state index in [1.54, 1.807) is 18.9 Å². The maximum absolute atomic E-state index is 11.9. The average molecular weight is 340 g/mol. The van der Waals surface area contributed by atoms with E-state index < -0.39 is 0 Å². The fraction of sp³-hybridized carbons (Fsp3) is 0.529. The van der Waals surface area contributed by atoms with Gasteiger partial charge < -0.3 is 9.64 Å². The van der Waals surface area contributed by atoms with Crippen LogP contribution in [-0.2, 0) is 11.2 Å². The van der Waals surface area contributed by atoms with Crippen molar-refractivity contribution >= 4 is 34.1 Å². The quantitative estimate of drug-likeness (QED) is 0.636. The van der Waals surface area contributed by atoms with E-state index >= 15 is 0 Å². The van der Waals surface area contributed by atoms with Gasteiger partial charge in [0.2, 0.25) is 0 Å². The Morgan fingerprint density at radius 3 is 2.36 bits per heavy atom.